The minimum Gasteiger partial charge on any atom is -0.388 e. The summed E-state index contributed by atoms with van der Waals surface area (Å²) in [5, 5.41) is 13.7. The summed E-state index contributed by atoms with van der Waals surface area (Å²) >= 11 is 3.38. The third kappa shape index (κ3) is 3.69. The van der Waals surface area contributed by atoms with E-state index >= 15 is 0 Å². The largest absolute Gasteiger partial charge is 0.388 e. The second kappa shape index (κ2) is 6.02. The minimum atomic E-state index is -0.651. The lowest BCUT2D eigenvalue weighted by atomic mass is 9.94. The first-order chi connectivity index (χ1) is 8.59. The molecule has 100 valence electrons. The molecule has 18 heavy (non-hydrogen) atoms. The highest BCUT2D eigenvalue weighted by atomic mass is 79.9. The quantitative estimate of drug-likeness (QED) is 0.824. The molecule has 0 saturated heterocycles. The van der Waals surface area contributed by atoms with E-state index < -0.39 is 5.60 Å². The smallest absolute Gasteiger partial charge is 0.125 e. The second-order valence-corrected chi connectivity index (χ2v) is 5.97. The first-order valence-corrected chi connectivity index (χ1v) is 7.30. The van der Waals surface area contributed by atoms with Crippen LogP contribution in [0.4, 0.5) is 10.1 Å². The fraction of sp³-hybridized carbons (Fsp3) is 0.571. The molecule has 1 aromatic rings. The monoisotopic (exact) mass is 315 g/mol. The molecule has 2 N–H and O–H groups in total. The van der Waals surface area contributed by atoms with Gasteiger partial charge in [-0.2, -0.15) is 0 Å². The summed E-state index contributed by atoms with van der Waals surface area (Å²) in [7, 11) is 0. The maximum atomic E-state index is 13.1. The molecule has 0 unspecified atom stereocenters. The van der Waals surface area contributed by atoms with Crippen molar-refractivity contribution in [2.75, 3.05) is 11.9 Å². The average molecular weight is 316 g/mol. The Morgan fingerprint density at radius 2 is 1.89 bits per heavy atom. The van der Waals surface area contributed by atoms with Gasteiger partial charge in [0.05, 0.1) is 11.3 Å². The zero-order chi connectivity index (χ0) is 13.0. The van der Waals surface area contributed by atoms with E-state index in [0.29, 0.717) is 12.2 Å². The van der Waals surface area contributed by atoms with Gasteiger partial charge in [0.1, 0.15) is 5.82 Å². The van der Waals surface area contributed by atoms with Crippen LogP contribution in [0.25, 0.3) is 0 Å². The molecule has 0 heterocycles. The van der Waals surface area contributed by atoms with Gasteiger partial charge in [-0.15, -0.1) is 0 Å². The molecule has 0 radical (unpaired) electrons. The molecule has 0 atom stereocenters. The van der Waals surface area contributed by atoms with Crippen molar-refractivity contribution in [2.45, 2.75) is 44.1 Å². The van der Waals surface area contributed by atoms with Gasteiger partial charge in [-0.1, -0.05) is 25.7 Å². The Kier molecular flexibility index (Phi) is 4.62. The van der Waals surface area contributed by atoms with Gasteiger partial charge in [0.2, 0.25) is 0 Å². The molecule has 0 spiro atoms. The fourth-order valence-corrected chi connectivity index (χ4v) is 2.84. The Hall–Kier alpha value is -0.610. The summed E-state index contributed by atoms with van der Waals surface area (Å²) in [5.41, 5.74) is 0.0510. The van der Waals surface area contributed by atoms with E-state index in [1.54, 1.807) is 6.07 Å². The predicted octanol–water partition coefficient (Wildman–Crippen LogP) is 4.09. The topological polar surface area (TPSA) is 32.3 Å². The number of benzene rings is 1. The van der Waals surface area contributed by atoms with Crippen molar-refractivity contribution in [1.82, 2.24) is 0 Å². The molecule has 1 fully saturated rings. The SMILES string of the molecule is OC1(CNc2cc(F)ccc2Br)CCCCCC1. The number of anilines is 1. The number of nitrogens with one attached hydrogen (secondary N) is 1. The van der Waals surface area contributed by atoms with Crippen LogP contribution in [0, 0.1) is 5.82 Å². The molecule has 0 aliphatic heterocycles. The van der Waals surface area contributed by atoms with Gasteiger partial charge >= 0.3 is 0 Å². The van der Waals surface area contributed by atoms with Crippen LogP contribution in [-0.2, 0) is 0 Å². The zero-order valence-electron chi connectivity index (χ0n) is 10.4. The Morgan fingerprint density at radius 3 is 2.56 bits per heavy atom. The molecule has 0 aromatic heterocycles. The van der Waals surface area contributed by atoms with E-state index in [1.807, 2.05) is 0 Å². The molecular formula is C14H19BrFNO. The third-order valence-corrected chi connectivity index (χ3v) is 4.26. The summed E-state index contributed by atoms with van der Waals surface area (Å²) in [6.07, 6.45) is 6.20. The van der Waals surface area contributed by atoms with Gasteiger partial charge in [0, 0.05) is 11.0 Å². The van der Waals surface area contributed by atoms with E-state index in [1.165, 1.54) is 25.0 Å². The lowest BCUT2D eigenvalue weighted by molar-refractivity contribution is 0.0381. The molecule has 0 amide bonds. The van der Waals surface area contributed by atoms with Crippen molar-refractivity contribution in [3.8, 4) is 0 Å². The third-order valence-electron chi connectivity index (χ3n) is 3.57. The van der Waals surface area contributed by atoms with E-state index in [-0.39, 0.29) is 5.82 Å². The van der Waals surface area contributed by atoms with Crippen LogP contribution in [0.2, 0.25) is 0 Å². The van der Waals surface area contributed by atoms with Gasteiger partial charge in [-0.05, 0) is 47.0 Å². The Bertz CT molecular complexity index is 403. The second-order valence-electron chi connectivity index (χ2n) is 5.12. The van der Waals surface area contributed by atoms with Crippen molar-refractivity contribution in [3.63, 3.8) is 0 Å². The zero-order valence-corrected chi connectivity index (χ0v) is 12.0. The average Bonchev–Trinajstić information content (AvgIpc) is 2.56. The molecule has 1 saturated carbocycles. The minimum absolute atomic E-state index is 0.270. The van der Waals surface area contributed by atoms with Crippen LogP contribution < -0.4 is 5.32 Å². The normalized spacial score (nSPS) is 19.3. The first kappa shape index (κ1) is 13.8. The molecule has 1 aliphatic rings. The maximum absolute atomic E-state index is 13.1. The van der Waals surface area contributed by atoms with Gasteiger partial charge in [0.25, 0.3) is 0 Å². The van der Waals surface area contributed by atoms with E-state index in [2.05, 4.69) is 21.2 Å². The Morgan fingerprint density at radius 1 is 1.22 bits per heavy atom. The van der Waals surface area contributed by atoms with Gasteiger partial charge < -0.3 is 10.4 Å². The first-order valence-electron chi connectivity index (χ1n) is 6.50. The maximum Gasteiger partial charge on any atom is 0.125 e. The van der Waals surface area contributed by atoms with Crippen molar-refractivity contribution < 1.29 is 9.50 Å². The van der Waals surface area contributed by atoms with Crippen molar-refractivity contribution in [1.29, 1.82) is 0 Å². The molecule has 1 aliphatic carbocycles. The van der Waals surface area contributed by atoms with Crippen LogP contribution in [0.3, 0.4) is 0 Å². The molecule has 1 aromatic carbocycles. The number of hydrogen-bond donors (Lipinski definition) is 2. The van der Waals surface area contributed by atoms with Crippen LogP contribution >= 0.6 is 15.9 Å². The lowest BCUT2D eigenvalue weighted by Gasteiger charge is -2.27. The number of aliphatic hydroxyl groups is 1. The van der Waals surface area contributed by atoms with Crippen LogP contribution in [-0.4, -0.2) is 17.3 Å². The van der Waals surface area contributed by atoms with Crippen molar-refractivity contribution in [3.05, 3.63) is 28.5 Å². The van der Waals surface area contributed by atoms with Crippen molar-refractivity contribution in [2.24, 2.45) is 0 Å². The van der Waals surface area contributed by atoms with Gasteiger partial charge in [-0.25, -0.2) is 4.39 Å². The highest BCUT2D eigenvalue weighted by Crippen LogP contribution is 2.29. The highest BCUT2D eigenvalue weighted by Gasteiger charge is 2.27. The number of hydrogen-bond acceptors (Lipinski definition) is 2. The Balaban J connectivity index is 1.99. The van der Waals surface area contributed by atoms with Crippen LogP contribution in [0.1, 0.15) is 38.5 Å². The summed E-state index contributed by atoms with van der Waals surface area (Å²) in [4.78, 5) is 0. The molecule has 2 nitrogen and oxygen atoms in total. The summed E-state index contributed by atoms with van der Waals surface area (Å²) in [6.45, 7) is 0.481. The predicted molar refractivity (Wildman–Crippen MR) is 75.2 cm³/mol. The van der Waals surface area contributed by atoms with Gasteiger partial charge in [-0.3, -0.25) is 0 Å². The molecule has 4 heteroatoms. The van der Waals surface area contributed by atoms with E-state index in [4.69, 9.17) is 0 Å². The summed E-state index contributed by atoms with van der Waals surface area (Å²) < 4.78 is 14.0. The Labute approximate surface area is 116 Å². The number of rotatable bonds is 3. The van der Waals surface area contributed by atoms with E-state index in [9.17, 15) is 9.50 Å². The number of halogens is 2. The molecule has 2 rings (SSSR count). The lowest BCUT2D eigenvalue weighted by Crippen LogP contribution is -2.36. The van der Waals surface area contributed by atoms with Crippen LogP contribution in [0.5, 0.6) is 0 Å². The standard InChI is InChI=1S/C14H19BrFNO/c15-12-6-5-11(16)9-13(12)17-10-14(18)7-3-1-2-4-8-14/h5-6,9,17-18H,1-4,7-8,10H2. The summed E-state index contributed by atoms with van der Waals surface area (Å²) in [6, 6.07) is 4.54. The van der Waals surface area contributed by atoms with E-state index in [0.717, 1.165) is 30.2 Å². The van der Waals surface area contributed by atoms with Gasteiger partial charge in [0.15, 0.2) is 0 Å². The highest BCUT2D eigenvalue weighted by molar-refractivity contribution is 9.10. The molecule has 0 bridgehead atoms. The van der Waals surface area contributed by atoms with Crippen LogP contribution in [0.15, 0.2) is 22.7 Å². The van der Waals surface area contributed by atoms with Crippen molar-refractivity contribution >= 4 is 21.6 Å². The molecular weight excluding hydrogens is 297 g/mol. The summed E-state index contributed by atoms with van der Waals surface area (Å²) in [5.74, 6) is -0.270. The fourth-order valence-electron chi connectivity index (χ4n) is 2.46.